The van der Waals surface area contributed by atoms with Crippen LogP contribution in [0.3, 0.4) is 0 Å². The van der Waals surface area contributed by atoms with Crippen molar-refractivity contribution in [1.82, 2.24) is 25.0 Å². The molecule has 0 unspecified atom stereocenters. The molecule has 0 aliphatic rings. The summed E-state index contributed by atoms with van der Waals surface area (Å²) in [5.41, 5.74) is 4.64. The lowest BCUT2D eigenvalue weighted by Crippen LogP contribution is -2.10. The SMILES string of the molecule is CCCc1nc2ccccc2nc1Nc1ccc2nnn(CC(=O)O)c2c1. The quantitative estimate of drug-likeness (QED) is 0.543. The Balaban J connectivity index is 1.74. The van der Waals surface area contributed by atoms with E-state index in [9.17, 15) is 4.79 Å². The van der Waals surface area contributed by atoms with Crippen molar-refractivity contribution in [2.24, 2.45) is 0 Å². The number of hydrogen-bond acceptors (Lipinski definition) is 6. The summed E-state index contributed by atoms with van der Waals surface area (Å²) in [6.07, 6.45) is 1.76. The molecule has 2 aromatic carbocycles. The molecule has 136 valence electrons. The Labute approximate surface area is 154 Å². The zero-order chi connectivity index (χ0) is 18.8. The molecular weight excluding hydrogens is 344 g/mol. The second-order valence-electron chi connectivity index (χ2n) is 6.23. The second kappa shape index (κ2) is 6.99. The Morgan fingerprint density at radius 1 is 1.11 bits per heavy atom. The van der Waals surface area contributed by atoms with Crippen LogP contribution in [0.25, 0.3) is 22.1 Å². The van der Waals surface area contributed by atoms with Gasteiger partial charge in [-0.05, 0) is 36.8 Å². The summed E-state index contributed by atoms with van der Waals surface area (Å²) in [6.45, 7) is 1.86. The number of nitrogens with zero attached hydrogens (tertiary/aromatic N) is 5. The van der Waals surface area contributed by atoms with Gasteiger partial charge in [0.05, 0.1) is 22.2 Å². The molecule has 2 heterocycles. The Hall–Kier alpha value is -3.55. The zero-order valence-electron chi connectivity index (χ0n) is 14.8. The Morgan fingerprint density at radius 3 is 2.63 bits per heavy atom. The van der Waals surface area contributed by atoms with Crippen molar-refractivity contribution in [3.63, 3.8) is 0 Å². The molecular formula is C19H18N6O2. The summed E-state index contributed by atoms with van der Waals surface area (Å²) in [5, 5.41) is 20.2. The standard InChI is InChI=1S/C19H18N6O2/c1-2-5-16-19(22-14-7-4-3-6-13(14)21-16)20-12-8-9-15-17(10-12)25(24-23-15)11-18(26)27/h3-4,6-10H,2,5,11H2,1H3,(H,20,22)(H,26,27). The first-order valence-electron chi connectivity index (χ1n) is 8.72. The molecule has 0 spiro atoms. The number of hydrogen-bond donors (Lipinski definition) is 2. The monoisotopic (exact) mass is 362 g/mol. The number of nitrogens with one attached hydrogen (secondary N) is 1. The molecule has 4 aromatic rings. The Morgan fingerprint density at radius 2 is 1.89 bits per heavy atom. The average Bonchev–Trinajstić information content (AvgIpc) is 3.04. The molecule has 0 amide bonds. The predicted octanol–water partition coefficient (Wildman–Crippen LogP) is 3.16. The number of fused-ring (bicyclic) bond motifs is 2. The van der Waals surface area contributed by atoms with Gasteiger partial charge in [0.15, 0.2) is 5.82 Å². The summed E-state index contributed by atoms with van der Waals surface area (Å²) in [7, 11) is 0. The van der Waals surface area contributed by atoms with Gasteiger partial charge in [0.25, 0.3) is 0 Å². The summed E-state index contributed by atoms with van der Waals surface area (Å²) >= 11 is 0. The van der Waals surface area contributed by atoms with Crippen molar-refractivity contribution in [3.05, 3.63) is 48.2 Å². The highest BCUT2D eigenvalue weighted by Crippen LogP contribution is 2.24. The van der Waals surface area contributed by atoms with Gasteiger partial charge in [-0.3, -0.25) is 4.79 Å². The van der Waals surface area contributed by atoms with Crippen molar-refractivity contribution in [2.45, 2.75) is 26.3 Å². The maximum atomic E-state index is 11.0. The topological polar surface area (TPSA) is 106 Å². The minimum absolute atomic E-state index is 0.239. The Kier molecular flexibility index (Phi) is 4.37. The number of aliphatic carboxylic acids is 1. The van der Waals surface area contributed by atoms with E-state index in [0.717, 1.165) is 35.3 Å². The molecule has 0 fully saturated rings. The van der Waals surface area contributed by atoms with E-state index < -0.39 is 5.97 Å². The van der Waals surface area contributed by atoms with E-state index in [-0.39, 0.29) is 6.54 Å². The van der Waals surface area contributed by atoms with Gasteiger partial charge >= 0.3 is 5.97 Å². The van der Waals surface area contributed by atoms with Crippen molar-refractivity contribution < 1.29 is 9.90 Å². The van der Waals surface area contributed by atoms with Crippen LogP contribution in [-0.2, 0) is 17.8 Å². The van der Waals surface area contributed by atoms with E-state index in [2.05, 4.69) is 22.6 Å². The number of anilines is 2. The van der Waals surface area contributed by atoms with Gasteiger partial charge in [-0.25, -0.2) is 14.6 Å². The third-order valence-corrected chi connectivity index (χ3v) is 4.19. The van der Waals surface area contributed by atoms with Gasteiger partial charge in [-0.15, -0.1) is 5.10 Å². The van der Waals surface area contributed by atoms with Crippen LogP contribution in [0.2, 0.25) is 0 Å². The molecule has 8 heteroatoms. The lowest BCUT2D eigenvalue weighted by molar-refractivity contribution is -0.137. The van der Waals surface area contributed by atoms with Crippen LogP contribution in [-0.4, -0.2) is 36.0 Å². The predicted molar refractivity (Wildman–Crippen MR) is 102 cm³/mol. The van der Waals surface area contributed by atoms with E-state index >= 15 is 0 Å². The minimum Gasteiger partial charge on any atom is -0.480 e. The van der Waals surface area contributed by atoms with E-state index in [1.54, 1.807) is 6.07 Å². The molecule has 0 radical (unpaired) electrons. The van der Waals surface area contributed by atoms with Crippen LogP contribution in [0, 0.1) is 0 Å². The van der Waals surface area contributed by atoms with Crippen LogP contribution < -0.4 is 5.32 Å². The highest BCUT2D eigenvalue weighted by atomic mass is 16.4. The third kappa shape index (κ3) is 3.41. The van der Waals surface area contributed by atoms with Crippen LogP contribution in [0.1, 0.15) is 19.0 Å². The fourth-order valence-electron chi connectivity index (χ4n) is 2.97. The molecule has 2 aromatic heterocycles. The van der Waals surface area contributed by atoms with Crippen LogP contribution in [0.5, 0.6) is 0 Å². The van der Waals surface area contributed by atoms with E-state index in [1.807, 2.05) is 36.4 Å². The summed E-state index contributed by atoms with van der Waals surface area (Å²) in [4.78, 5) is 20.5. The lowest BCUT2D eigenvalue weighted by Gasteiger charge is -2.12. The normalized spacial score (nSPS) is 11.1. The number of aromatic nitrogens is 5. The third-order valence-electron chi connectivity index (χ3n) is 4.19. The van der Waals surface area contributed by atoms with Crippen LogP contribution in [0.15, 0.2) is 42.5 Å². The van der Waals surface area contributed by atoms with Crippen molar-refractivity contribution >= 4 is 39.5 Å². The van der Waals surface area contributed by atoms with Crippen LogP contribution in [0.4, 0.5) is 11.5 Å². The molecule has 2 N–H and O–H groups in total. The fourth-order valence-corrected chi connectivity index (χ4v) is 2.97. The maximum Gasteiger partial charge on any atom is 0.325 e. The summed E-state index contributed by atoms with van der Waals surface area (Å²) in [6, 6.07) is 13.3. The van der Waals surface area contributed by atoms with Crippen molar-refractivity contribution in [2.75, 3.05) is 5.32 Å². The second-order valence-corrected chi connectivity index (χ2v) is 6.23. The summed E-state index contributed by atoms with van der Waals surface area (Å²) < 4.78 is 1.36. The van der Waals surface area contributed by atoms with Crippen molar-refractivity contribution in [3.8, 4) is 0 Å². The number of rotatable bonds is 6. The molecule has 4 rings (SSSR count). The van der Waals surface area contributed by atoms with E-state index in [4.69, 9.17) is 15.1 Å². The van der Waals surface area contributed by atoms with Gasteiger partial charge < -0.3 is 10.4 Å². The molecule has 8 nitrogen and oxygen atoms in total. The van der Waals surface area contributed by atoms with E-state index in [1.165, 1.54) is 4.68 Å². The molecule has 0 saturated carbocycles. The number of carboxylic acid groups (broad SMARTS) is 1. The first-order chi connectivity index (χ1) is 13.1. The molecule has 0 aliphatic heterocycles. The molecule has 0 bridgehead atoms. The Bertz CT molecular complexity index is 1140. The van der Waals surface area contributed by atoms with Gasteiger partial charge in [0, 0.05) is 5.69 Å². The number of benzene rings is 2. The lowest BCUT2D eigenvalue weighted by atomic mass is 10.2. The molecule has 27 heavy (non-hydrogen) atoms. The highest BCUT2D eigenvalue weighted by molar-refractivity contribution is 5.82. The number of carboxylic acids is 1. The molecule has 0 saturated heterocycles. The molecule has 0 atom stereocenters. The highest BCUT2D eigenvalue weighted by Gasteiger charge is 2.12. The largest absolute Gasteiger partial charge is 0.480 e. The van der Waals surface area contributed by atoms with Gasteiger partial charge in [-0.1, -0.05) is 30.7 Å². The average molecular weight is 362 g/mol. The first kappa shape index (κ1) is 16.9. The number of aryl methyl sites for hydroxylation is 1. The smallest absolute Gasteiger partial charge is 0.325 e. The van der Waals surface area contributed by atoms with Crippen molar-refractivity contribution in [1.29, 1.82) is 0 Å². The van der Waals surface area contributed by atoms with Crippen LogP contribution >= 0.6 is 0 Å². The van der Waals surface area contributed by atoms with E-state index in [0.29, 0.717) is 16.9 Å². The fraction of sp³-hybridized carbons (Fsp3) is 0.211. The zero-order valence-corrected chi connectivity index (χ0v) is 14.8. The number of carbonyl (C=O) groups is 1. The van der Waals surface area contributed by atoms with Gasteiger partial charge in [-0.2, -0.15) is 0 Å². The maximum absolute atomic E-state index is 11.0. The summed E-state index contributed by atoms with van der Waals surface area (Å²) in [5.74, 6) is -0.266. The van der Waals surface area contributed by atoms with Gasteiger partial charge in [0.1, 0.15) is 12.1 Å². The van der Waals surface area contributed by atoms with Gasteiger partial charge in [0.2, 0.25) is 0 Å². The molecule has 0 aliphatic carbocycles. The first-order valence-corrected chi connectivity index (χ1v) is 8.72. The minimum atomic E-state index is -0.967. The number of para-hydroxylation sites is 2.